The van der Waals surface area contributed by atoms with Crippen molar-refractivity contribution in [3.05, 3.63) is 48.0 Å². The first kappa shape index (κ1) is 23.7. The quantitative estimate of drug-likeness (QED) is 0.370. The number of nitrogens with zero attached hydrogens (tertiary/aromatic N) is 3. The van der Waals surface area contributed by atoms with Gasteiger partial charge in [0.25, 0.3) is 0 Å². The lowest BCUT2D eigenvalue weighted by Crippen LogP contribution is -2.34. The van der Waals surface area contributed by atoms with E-state index in [0.29, 0.717) is 37.0 Å². The summed E-state index contributed by atoms with van der Waals surface area (Å²) in [6.45, 7) is 4.93. The summed E-state index contributed by atoms with van der Waals surface area (Å²) in [5, 5.41) is 16.8. The summed E-state index contributed by atoms with van der Waals surface area (Å²) < 4.78 is 8.35. The van der Waals surface area contributed by atoms with E-state index in [1.165, 1.54) is 6.42 Å². The Morgan fingerprint density at radius 3 is 2.69 bits per heavy atom. The molecule has 0 bridgehead atoms. The molecular weight excluding hydrogens is 454 g/mol. The van der Waals surface area contributed by atoms with E-state index in [1.54, 1.807) is 0 Å². The zero-order valence-corrected chi connectivity index (χ0v) is 20.6. The molecule has 0 radical (unpaired) electrons. The van der Waals surface area contributed by atoms with Crippen molar-refractivity contribution < 1.29 is 9.53 Å². The molecule has 2 heterocycles. The molecule has 186 valence electrons. The van der Waals surface area contributed by atoms with Gasteiger partial charge < -0.3 is 25.4 Å². The molecule has 0 unspecified atom stereocenters. The maximum atomic E-state index is 12.1. The van der Waals surface area contributed by atoms with Crippen LogP contribution < -0.4 is 26.2 Å². The van der Waals surface area contributed by atoms with Gasteiger partial charge in [-0.3, -0.25) is 4.99 Å². The smallest absolute Gasteiger partial charge is 0.319 e. The van der Waals surface area contributed by atoms with Gasteiger partial charge in [0.15, 0.2) is 0 Å². The summed E-state index contributed by atoms with van der Waals surface area (Å²) in [7, 11) is 0. The van der Waals surface area contributed by atoms with Crippen LogP contribution in [-0.2, 0) is 0 Å². The molecule has 2 aromatic carbocycles. The summed E-state index contributed by atoms with van der Waals surface area (Å²) >= 11 is 0. The van der Waals surface area contributed by atoms with Crippen molar-refractivity contribution in [2.75, 3.05) is 18.6 Å². The number of hydrogen-bond acceptors (Lipinski definition) is 6. The number of aromatic nitrogens is 1. The van der Waals surface area contributed by atoms with Gasteiger partial charge in [0.1, 0.15) is 24.3 Å². The van der Waals surface area contributed by atoms with Gasteiger partial charge >= 0.3 is 6.03 Å². The van der Waals surface area contributed by atoms with Crippen molar-refractivity contribution >= 4 is 28.5 Å². The second-order valence-corrected chi connectivity index (χ2v) is 9.46. The van der Waals surface area contributed by atoms with Crippen LogP contribution in [0.25, 0.3) is 22.2 Å². The molecule has 36 heavy (non-hydrogen) atoms. The highest BCUT2D eigenvalue weighted by Gasteiger charge is 2.28. The largest absolute Gasteiger partial charge is 0.493 e. The highest BCUT2D eigenvalue weighted by molar-refractivity contribution is 5.96. The van der Waals surface area contributed by atoms with Crippen molar-refractivity contribution in [1.29, 1.82) is 5.26 Å². The number of nitrogens with one attached hydrogen (secondary N) is 4. The Bertz CT molecular complexity index is 1330. The minimum Gasteiger partial charge on any atom is -0.493 e. The van der Waals surface area contributed by atoms with Crippen LogP contribution in [0.3, 0.4) is 0 Å². The van der Waals surface area contributed by atoms with Crippen LogP contribution in [0.15, 0.2) is 47.5 Å². The van der Waals surface area contributed by atoms with Crippen molar-refractivity contribution in [2.45, 2.75) is 51.6 Å². The molecule has 4 N–H and O–H groups in total. The van der Waals surface area contributed by atoms with Gasteiger partial charge in [0.2, 0.25) is 0 Å². The van der Waals surface area contributed by atoms with Crippen LogP contribution in [0.4, 0.5) is 10.5 Å². The minimum atomic E-state index is -0.237. The van der Waals surface area contributed by atoms with E-state index in [4.69, 9.17) is 4.74 Å². The predicted octanol–water partition coefficient (Wildman–Crippen LogP) is 4.67. The number of anilines is 1. The number of amides is 2. The number of carbonyl (C=O) groups excluding carboxylic acids is 1. The first-order chi connectivity index (χ1) is 17.5. The molecule has 1 aliphatic carbocycles. The number of urea groups is 1. The topological polar surface area (TPSA) is 116 Å². The molecular formula is C27H31N7O2. The number of nitriles is 1. The third-order valence-electron chi connectivity index (χ3n) is 6.55. The second kappa shape index (κ2) is 10.3. The number of rotatable bonds is 8. The fraction of sp³-hybridized carbons (Fsp3) is 0.370. The Balaban J connectivity index is 1.46. The Kier molecular flexibility index (Phi) is 6.78. The number of benzene rings is 2. The fourth-order valence-electron chi connectivity index (χ4n) is 4.67. The normalized spacial score (nSPS) is 15.2. The minimum absolute atomic E-state index is 0.0552. The average Bonchev–Trinajstić information content (AvgIpc) is 3.44. The van der Waals surface area contributed by atoms with Gasteiger partial charge in [-0.25, -0.2) is 10.2 Å². The van der Waals surface area contributed by atoms with Crippen LogP contribution in [0.1, 0.15) is 51.1 Å². The number of hydrogen-bond donors (Lipinski definition) is 4. The summed E-state index contributed by atoms with van der Waals surface area (Å²) in [6.07, 6.45) is 4.04. The monoisotopic (exact) mass is 485 g/mol. The summed E-state index contributed by atoms with van der Waals surface area (Å²) in [5.41, 5.74) is 10.2. The number of ether oxygens (including phenoxy) is 1. The lowest BCUT2D eigenvalue weighted by Gasteiger charge is -2.30. The van der Waals surface area contributed by atoms with Crippen LogP contribution in [0, 0.1) is 11.3 Å². The molecule has 0 atom stereocenters. The molecule has 5 rings (SSSR count). The van der Waals surface area contributed by atoms with Crippen LogP contribution in [0.2, 0.25) is 0 Å². The van der Waals surface area contributed by atoms with Crippen LogP contribution in [-0.4, -0.2) is 35.8 Å². The van der Waals surface area contributed by atoms with Gasteiger partial charge in [-0.15, -0.1) is 0 Å². The molecule has 2 aliphatic rings. The zero-order valence-electron chi connectivity index (χ0n) is 20.6. The van der Waals surface area contributed by atoms with Crippen molar-refractivity contribution in [2.24, 2.45) is 4.99 Å². The van der Waals surface area contributed by atoms with E-state index in [-0.39, 0.29) is 12.1 Å². The van der Waals surface area contributed by atoms with E-state index >= 15 is 0 Å². The maximum absolute atomic E-state index is 12.1. The molecule has 1 fully saturated rings. The highest BCUT2D eigenvalue weighted by atomic mass is 16.5. The van der Waals surface area contributed by atoms with Crippen molar-refractivity contribution in [3.8, 4) is 23.1 Å². The van der Waals surface area contributed by atoms with E-state index < -0.39 is 0 Å². The molecule has 0 saturated heterocycles. The van der Waals surface area contributed by atoms with Gasteiger partial charge in [-0.1, -0.05) is 12.1 Å². The highest BCUT2D eigenvalue weighted by Crippen LogP contribution is 2.43. The average molecular weight is 486 g/mol. The SMILES string of the molecule is CC(C)NC(=O)Nc1ccc(-c2c(C#N)c3ccc(OCCC4=NCNN4)cc3n2C2CCC2)cc1. The molecule has 2 amide bonds. The lowest BCUT2D eigenvalue weighted by molar-refractivity contribution is 0.250. The van der Waals surface area contributed by atoms with E-state index in [2.05, 4.69) is 37.1 Å². The Morgan fingerprint density at radius 1 is 1.25 bits per heavy atom. The van der Waals surface area contributed by atoms with Gasteiger partial charge in [0.05, 0.1) is 23.4 Å². The number of fused-ring (bicyclic) bond motifs is 1. The number of carbonyl (C=O) groups is 1. The zero-order chi connectivity index (χ0) is 25.1. The Labute approximate surface area is 210 Å². The van der Waals surface area contributed by atoms with Gasteiger partial charge in [-0.2, -0.15) is 5.26 Å². The van der Waals surface area contributed by atoms with E-state index in [9.17, 15) is 10.1 Å². The predicted molar refractivity (Wildman–Crippen MR) is 141 cm³/mol. The lowest BCUT2D eigenvalue weighted by atomic mass is 9.92. The van der Waals surface area contributed by atoms with Gasteiger partial charge in [0, 0.05) is 35.6 Å². The molecule has 1 aliphatic heterocycles. The number of hydrazine groups is 1. The van der Waals surface area contributed by atoms with Crippen molar-refractivity contribution in [3.63, 3.8) is 0 Å². The molecule has 9 heteroatoms. The molecule has 9 nitrogen and oxygen atoms in total. The summed E-state index contributed by atoms with van der Waals surface area (Å²) in [6, 6.07) is 16.3. The molecule has 1 aromatic heterocycles. The Morgan fingerprint density at radius 2 is 2.06 bits per heavy atom. The molecule has 1 saturated carbocycles. The van der Waals surface area contributed by atoms with E-state index in [0.717, 1.165) is 46.6 Å². The van der Waals surface area contributed by atoms with E-state index in [1.807, 2.05) is 56.3 Å². The molecule has 0 spiro atoms. The van der Waals surface area contributed by atoms with Crippen LogP contribution in [0.5, 0.6) is 5.75 Å². The Hall–Kier alpha value is -4.03. The van der Waals surface area contributed by atoms with Crippen LogP contribution >= 0.6 is 0 Å². The number of aliphatic imine (C=N–C) groups is 1. The van der Waals surface area contributed by atoms with Crippen molar-refractivity contribution in [1.82, 2.24) is 20.7 Å². The maximum Gasteiger partial charge on any atom is 0.319 e. The fourth-order valence-corrected chi connectivity index (χ4v) is 4.67. The summed E-state index contributed by atoms with van der Waals surface area (Å²) in [4.78, 5) is 16.4. The summed E-state index contributed by atoms with van der Waals surface area (Å²) in [5.74, 6) is 1.67. The molecule has 3 aromatic rings. The first-order valence-electron chi connectivity index (χ1n) is 12.4. The number of amidine groups is 1. The third-order valence-corrected chi connectivity index (χ3v) is 6.55. The first-order valence-corrected chi connectivity index (χ1v) is 12.4. The second-order valence-electron chi connectivity index (χ2n) is 9.46. The standard InChI is InChI=1S/C27H31N7O2/c1-17(2)31-27(35)32-19-8-6-18(7-9-19)26-23(15-28)22-11-10-21(36-13-12-25-29-16-30-33-25)14-24(22)34(26)20-4-3-5-20/h6-11,14,17,20,30H,3-5,12-13,16H2,1-2H3,(H,29,33)(H2,31,32,35). The third kappa shape index (κ3) is 4.86. The van der Waals surface area contributed by atoms with Gasteiger partial charge in [-0.05, 0) is 62.9 Å².